The average Bonchev–Trinajstić information content (AvgIpc) is 2.73. The lowest BCUT2D eigenvalue weighted by molar-refractivity contribution is 0.0747. The Kier molecular flexibility index (Phi) is 4.69. The molecular weight excluding hydrogens is 389 g/mol. The highest BCUT2D eigenvalue weighted by Gasteiger charge is 2.29. The van der Waals surface area contributed by atoms with Gasteiger partial charge in [0.2, 0.25) is 0 Å². The van der Waals surface area contributed by atoms with Gasteiger partial charge in [-0.15, -0.1) is 0 Å². The van der Waals surface area contributed by atoms with Crippen LogP contribution in [0.15, 0.2) is 21.5 Å². The van der Waals surface area contributed by atoms with E-state index < -0.39 is 9.05 Å². The Morgan fingerprint density at radius 2 is 2.10 bits per heavy atom. The summed E-state index contributed by atoms with van der Waals surface area (Å²) in [7, 11) is 1.41. The molecule has 1 aromatic carbocycles. The fourth-order valence-corrected chi connectivity index (χ4v) is 4.84. The van der Waals surface area contributed by atoms with E-state index in [0.29, 0.717) is 6.54 Å². The van der Waals surface area contributed by atoms with Gasteiger partial charge in [-0.05, 0) is 47.8 Å². The summed E-state index contributed by atoms with van der Waals surface area (Å²) in [6, 6.07) is 2.73. The highest BCUT2D eigenvalue weighted by Crippen LogP contribution is 2.32. The third-order valence-electron chi connectivity index (χ3n) is 3.33. The fourth-order valence-electron chi connectivity index (χ4n) is 2.27. The molecule has 1 unspecified atom stereocenters. The second-order valence-corrected chi connectivity index (χ2v) is 8.49. The molecule has 1 aliphatic rings. The molecule has 0 saturated carbocycles. The average molecular weight is 401 g/mol. The van der Waals surface area contributed by atoms with Gasteiger partial charge in [-0.25, -0.2) is 8.42 Å². The van der Waals surface area contributed by atoms with Crippen molar-refractivity contribution < 1.29 is 13.2 Å². The molecule has 4 nitrogen and oxygen atoms in total. The van der Waals surface area contributed by atoms with Crippen LogP contribution in [0.5, 0.6) is 0 Å². The molecule has 0 spiro atoms. The van der Waals surface area contributed by atoms with E-state index in [4.69, 9.17) is 22.3 Å². The number of nitrogens with zero attached hydrogens (tertiary/aromatic N) is 1. The molecule has 1 aliphatic heterocycles. The first kappa shape index (κ1) is 16.1. The van der Waals surface area contributed by atoms with E-state index in [9.17, 15) is 13.2 Å². The van der Waals surface area contributed by atoms with Gasteiger partial charge >= 0.3 is 0 Å². The highest BCUT2D eigenvalue weighted by molar-refractivity contribution is 9.10. The Bertz CT molecular complexity index is 663. The van der Waals surface area contributed by atoms with Crippen LogP contribution >= 0.6 is 38.2 Å². The molecule has 20 heavy (non-hydrogen) atoms. The van der Waals surface area contributed by atoms with E-state index in [1.807, 2.05) is 6.92 Å². The van der Waals surface area contributed by atoms with Crippen molar-refractivity contribution in [1.29, 1.82) is 0 Å². The van der Waals surface area contributed by atoms with Crippen LogP contribution in [0.3, 0.4) is 0 Å². The van der Waals surface area contributed by atoms with Crippen LogP contribution in [0.4, 0.5) is 0 Å². The van der Waals surface area contributed by atoms with Crippen LogP contribution < -0.4 is 0 Å². The van der Waals surface area contributed by atoms with Crippen molar-refractivity contribution in [1.82, 2.24) is 4.90 Å². The van der Waals surface area contributed by atoms with Crippen LogP contribution in [0, 0.1) is 0 Å². The monoisotopic (exact) mass is 399 g/mol. The van der Waals surface area contributed by atoms with Crippen molar-refractivity contribution in [3.8, 4) is 0 Å². The van der Waals surface area contributed by atoms with E-state index >= 15 is 0 Å². The number of hydrogen-bond acceptors (Lipinski definition) is 3. The standard InChI is InChI=1S/C12H12BrCl2NO3S/c1-7-3-2-4-16(7)12(17)8-5-11(20(15,18)19)9(13)6-10(8)14/h5-7H,2-4H2,1H3. The first-order valence-electron chi connectivity index (χ1n) is 5.96. The molecule has 0 N–H and O–H groups in total. The molecule has 1 amide bonds. The predicted octanol–water partition coefficient (Wildman–Crippen LogP) is 3.65. The molecule has 8 heteroatoms. The lowest BCUT2D eigenvalue weighted by Crippen LogP contribution is -2.33. The summed E-state index contributed by atoms with van der Waals surface area (Å²) in [5.74, 6) is -0.269. The first-order chi connectivity index (χ1) is 9.21. The van der Waals surface area contributed by atoms with Gasteiger partial charge in [-0.1, -0.05) is 11.6 Å². The first-order valence-corrected chi connectivity index (χ1v) is 9.44. The third-order valence-corrected chi connectivity index (χ3v) is 5.92. The van der Waals surface area contributed by atoms with Crippen molar-refractivity contribution >= 4 is 53.2 Å². The molecule has 110 valence electrons. The molecule has 1 fully saturated rings. The molecular formula is C12H12BrCl2NO3S. The summed E-state index contributed by atoms with van der Waals surface area (Å²) in [5, 5.41) is 0.199. The summed E-state index contributed by atoms with van der Waals surface area (Å²) in [6.07, 6.45) is 1.86. The molecule has 0 radical (unpaired) electrons. The van der Waals surface area contributed by atoms with E-state index in [1.165, 1.54) is 12.1 Å². The van der Waals surface area contributed by atoms with Crippen LogP contribution in [-0.2, 0) is 9.05 Å². The SMILES string of the molecule is CC1CCCN1C(=O)c1cc(S(=O)(=O)Cl)c(Br)cc1Cl. The van der Waals surface area contributed by atoms with Gasteiger partial charge in [0.1, 0.15) is 0 Å². The molecule has 1 saturated heterocycles. The fraction of sp³-hybridized carbons (Fsp3) is 0.417. The molecule has 2 rings (SSSR count). The predicted molar refractivity (Wildman–Crippen MR) is 81.9 cm³/mol. The number of likely N-dealkylation sites (tertiary alicyclic amines) is 1. The van der Waals surface area contributed by atoms with Crippen molar-refractivity contribution in [2.24, 2.45) is 0 Å². The Labute approximate surface area is 135 Å². The zero-order valence-corrected chi connectivity index (χ0v) is 14.5. The van der Waals surface area contributed by atoms with Crippen LogP contribution in [-0.4, -0.2) is 31.8 Å². The van der Waals surface area contributed by atoms with Crippen molar-refractivity contribution in [3.05, 3.63) is 27.2 Å². The van der Waals surface area contributed by atoms with E-state index in [-0.39, 0.29) is 31.9 Å². The molecule has 0 aromatic heterocycles. The zero-order valence-electron chi connectivity index (χ0n) is 10.6. The Balaban J connectivity index is 2.49. The number of carbonyl (C=O) groups is 1. The second kappa shape index (κ2) is 5.83. The molecule has 1 atom stereocenters. The van der Waals surface area contributed by atoms with E-state index in [2.05, 4.69) is 15.9 Å². The van der Waals surface area contributed by atoms with Gasteiger partial charge < -0.3 is 4.90 Å². The number of amides is 1. The normalized spacial score (nSPS) is 19.4. The van der Waals surface area contributed by atoms with Gasteiger partial charge in [0.05, 0.1) is 15.5 Å². The topological polar surface area (TPSA) is 54.5 Å². The number of benzene rings is 1. The molecule has 1 heterocycles. The molecule has 0 aliphatic carbocycles. The summed E-state index contributed by atoms with van der Waals surface area (Å²) < 4.78 is 23.2. The van der Waals surface area contributed by atoms with Gasteiger partial charge in [-0.3, -0.25) is 4.79 Å². The largest absolute Gasteiger partial charge is 0.336 e. The number of rotatable bonds is 2. The minimum atomic E-state index is -3.95. The number of hydrogen-bond donors (Lipinski definition) is 0. The van der Waals surface area contributed by atoms with Crippen molar-refractivity contribution in [2.75, 3.05) is 6.54 Å². The van der Waals surface area contributed by atoms with Gasteiger partial charge in [-0.2, -0.15) is 0 Å². The highest BCUT2D eigenvalue weighted by atomic mass is 79.9. The van der Waals surface area contributed by atoms with Crippen molar-refractivity contribution in [2.45, 2.75) is 30.7 Å². The van der Waals surface area contributed by atoms with Crippen LogP contribution in [0.2, 0.25) is 5.02 Å². The third kappa shape index (κ3) is 3.13. The summed E-state index contributed by atoms with van der Waals surface area (Å²) in [4.78, 5) is 14.0. The second-order valence-electron chi connectivity index (χ2n) is 4.69. The van der Waals surface area contributed by atoms with Crippen LogP contribution in [0.25, 0.3) is 0 Å². The summed E-state index contributed by atoms with van der Waals surface area (Å²) >= 11 is 9.15. The maximum absolute atomic E-state index is 12.5. The quantitative estimate of drug-likeness (QED) is 0.712. The van der Waals surface area contributed by atoms with Gasteiger partial charge in [0, 0.05) is 27.7 Å². The van der Waals surface area contributed by atoms with E-state index in [1.54, 1.807) is 4.90 Å². The Morgan fingerprint density at radius 3 is 2.60 bits per heavy atom. The maximum atomic E-state index is 12.5. The minimum Gasteiger partial charge on any atom is -0.336 e. The van der Waals surface area contributed by atoms with E-state index in [0.717, 1.165) is 12.8 Å². The zero-order chi connectivity index (χ0) is 15.1. The molecule has 0 bridgehead atoms. The molecule has 1 aromatic rings. The summed E-state index contributed by atoms with van der Waals surface area (Å²) in [5.41, 5.74) is 0.155. The summed E-state index contributed by atoms with van der Waals surface area (Å²) in [6.45, 7) is 2.60. The maximum Gasteiger partial charge on any atom is 0.262 e. The lowest BCUT2D eigenvalue weighted by atomic mass is 10.2. The van der Waals surface area contributed by atoms with Gasteiger partial charge in [0.25, 0.3) is 15.0 Å². The Hall–Kier alpha value is -0.300. The van der Waals surface area contributed by atoms with Crippen molar-refractivity contribution in [3.63, 3.8) is 0 Å². The van der Waals surface area contributed by atoms with Crippen LogP contribution in [0.1, 0.15) is 30.1 Å². The lowest BCUT2D eigenvalue weighted by Gasteiger charge is -2.22. The minimum absolute atomic E-state index is 0.123. The number of carbonyl (C=O) groups excluding carboxylic acids is 1. The Morgan fingerprint density at radius 1 is 1.45 bits per heavy atom. The number of halogens is 3. The van der Waals surface area contributed by atoms with Gasteiger partial charge in [0.15, 0.2) is 0 Å². The smallest absolute Gasteiger partial charge is 0.262 e.